The third-order valence-corrected chi connectivity index (χ3v) is 1.72. The van der Waals surface area contributed by atoms with Crippen molar-refractivity contribution in [1.82, 2.24) is 0 Å². The van der Waals surface area contributed by atoms with Crippen molar-refractivity contribution in [2.24, 2.45) is 0 Å². The number of nitrogens with zero attached hydrogens (tertiary/aromatic N) is 1. The number of hydrogen-bond acceptors (Lipinski definition) is 2. The van der Waals surface area contributed by atoms with E-state index in [9.17, 15) is 22.4 Å². The molecule has 0 aliphatic heterocycles. The fourth-order valence-electron chi connectivity index (χ4n) is 1.03. The fraction of sp³-hybridized carbons (Fsp3) is 0.111. The maximum atomic E-state index is 13.1. The minimum absolute atomic E-state index is 0.0519. The quantitative estimate of drug-likeness (QED) is 0.535. The van der Waals surface area contributed by atoms with Gasteiger partial charge in [-0.25, -0.2) is 4.39 Å². The molecule has 0 bridgehead atoms. The third kappa shape index (κ3) is 1.96. The van der Waals surface area contributed by atoms with Crippen LogP contribution in [0.4, 0.5) is 17.6 Å². The molecule has 15 heavy (non-hydrogen) atoms. The van der Waals surface area contributed by atoms with Gasteiger partial charge in [0.05, 0.1) is 11.1 Å². The van der Waals surface area contributed by atoms with Gasteiger partial charge in [0.1, 0.15) is 11.6 Å². The number of hydrogen-bond donors (Lipinski definition) is 0. The van der Waals surface area contributed by atoms with Gasteiger partial charge < -0.3 is 0 Å². The van der Waals surface area contributed by atoms with Crippen LogP contribution in [-0.4, -0.2) is 6.29 Å². The van der Waals surface area contributed by atoms with Crippen LogP contribution in [-0.2, 0) is 6.18 Å². The molecule has 1 aromatic carbocycles. The molecule has 0 amide bonds. The van der Waals surface area contributed by atoms with Crippen LogP contribution in [0.15, 0.2) is 12.1 Å². The number of alkyl halides is 3. The molecule has 0 atom stereocenters. The van der Waals surface area contributed by atoms with Crippen LogP contribution in [0.1, 0.15) is 21.5 Å². The van der Waals surface area contributed by atoms with Crippen LogP contribution in [0.2, 0.25) is 0 Å². The molecule has 2 nitrogen and oxygen atoms in total. The van der Waals surface area contributed by atoms with Crippen LogP contribution >= 0.6 is 0 Å². The van der Waals surface area contributed by atoms with Crippen LogP contribution in [0, 0.1) is 17.1 Å². The predicted octanol–water partition coefficient (Wildman–Crippen LogP) is 2.53. The smallest absolute Gasteiger partial charge is 0.298 e. The minimum Gasteiger partial charge on any atom is -0.298 e. The van der Waals surface area contributed by atoms with Gasteiger partial charge in [0, 0.05) is 0 Å². The Kier molecular flexibility index (Phi) is 2.75. The Hall–Kier alpha value is -1.90. The Morgan fingerprint density at radius 2 is 1.93 bits per heavy atom. The maximum Gasteiger partial charge on any atom is 0.417 e. The number of carbonyl (C=O) groups is 1. The van der Waals surface area contributed by atoms with Crippen molar-refractivity contribution in [3.05, 3.63) is 34.6 Å². The van der Waals surface area contributed by atoms with Crippen LogP contribution in [0.25, 0.3) is 0 Å². The highest BCUT2D eigenvalue weighted by Gasteiger charge is 2.35. The SMILES string of the molecule is N#Cc1c(C(F)(F)F)ccc(C=O)c1F. The van der Waals surface area contributed by atoms with E-state index in [-0.39, 0.29) is 6.29 Å². The van der Waals surface area contributed by atoms with Gasteiger partial charge >= 0.3 is 6.18 Å². The Morgan fingerprint density at radius 1 is 1.33 bits per heavy atom. The van der Waals surface area contributed by atoms with Gasteiger partial charge in [0.25, 0.3) is 0 Å². The first-order valence-corrected chi connectivity index (χ1v) is 3.66. The zero-order chi connectivity index (χ0) is 11.6. The fourth-order valence-corrected chi connectivity index (χ4v) is 1.03. The predicted molar refractivity (Wildman–Crippen MR) is 41.5 cm³/mol. The van der Waals surface area contributed by atoms with Crippen molar-refractivity contribution >= 4 is 6.29 Å². The van der Waals surface area contributed by atoms with Crippen molar-refractivity contribution in [3.8, 4) is 6.07 Å². The Balaban J connectivity index is 3.53. The van der Waals surface area contributed by atoms with Gasteiger partial charge in [-0.2, -0.15) is 18.4 Å². The number of rotatable bonds is 1. The van der Waals surface area contributed by atoms with E-state index in [0.29, 0.717) is 12.1 Å². The molecule has 6 heteroatoms. The summed E-state index contributed by atoms with van der Waals surface area (Å²) in [6, 6.07) is 2.28. The number of benzene rings is 1. The van der Waals surface area contributed by atoms with Gasteiger partial charge in [0.2, 0.25) is 0 Å². The van der Waals surface area contributed by atoms with E-state index in [0.717, 1.165) is 6.07 Å². The Bertz CT molecular complexity index is 445. The molecule has 0 aromatic heterocycles. The van der Waals surface area contributed by atoms with E-state index < -0.39 is 28.7 Å². The highest BCUT2D eigenvalue weighted by Crippen LogP contribution is 2.33. The lowest BCUT2D eigenvalue weighted by atomic mass is 10.0. The number of halogens is 4. The largest absolute Gasteiger partial charge is 0.417 e. The summed E-state index contributed by atoms with van der Waals surface area (Å²) < 4.78 is 49.8. The van der Waals surface area contributed by atoms with Crippen LogP contribution in [0.3, 0.4) is 0 Å². The number of aldehydes is 1. The van der Waals surface area contributed by atoms with Crippen molar-refractivity contribution in [3.63, 3.8) is 0 Å². The second-order valence-corrected chi connectivity index (χ2v) is 2.62. The van der Waals surface area contributed by atoms with Crippen molar-refractivity contribution in [2.75, 3.05) is 0 Å². The molecule has 0 radical (unpaired) electrons. The first-order valence-electron chi connectivity index (χ1n) is 3.66. The molecule has 78 valence electrons. The Labute approximate surface area is 81.7 Å². The van der Waals surface area contributed by atoms with Gasteiger partial charge in [-0.15, -0.1) is 0 Å². The summed E-state index contributed by atoms with van der Waals surface area (Å²) in [5.74, 6) is -1.44. The summed E-state index contributed by atoms with van der Waals surface area (Å²) >= 11 is 0. The van der Waals surface area contributed by atoms with E-state index >= 15 is 0 Å². The zero-order valence-electron chi connectivity index (χ0n) is 7.10. The van der Waals surface area contributed by atoms with Gasteiger partial charge in [-0.05, 0) is 12.1 Å². The number of nitriles is 1. The average molecular weight is 217 g/mol. The van der Waals surface area contributed by atoms with E-state index in [1.54, 1.807) is 0 Å². The molecule has 0 saturated heterocycles. The van der Waals surface area contributed by atoms with Crippen molar-refractivity contribution in [1.29, 1.82) is 5.26 Å². The molecule has 1 rings (SSSR count). The lowest BCUT2D eigenvalue weighted by molar-refractivity contribution is -0.138. The molecule has 0 fully saturated rings. The third-order valence-electron chi connectivity index (χ3n) is 1.72. The van der Waals surface area contributed by atoms with Gasteiger partial charge in [-0.1, -0.05) is 0 Å². The van der Waals surface area contributed by atoms with E-state index in [1.165, 1.54) is 0 Å². The van der Waals surface area contributed by atoms with Crippen LogP contribution in [0.5, 0.6) is 0 Å². The van der Waals surface area contributed by atoms with Gasteiger partial charge in [0.15, 0.2) is 12.1 Å². The minimum atomic E-state index is -4.81. The summed E-state index contributed by atoms with van der Waals surface area (Å²) in [7, 11) is 0. The molecule has 1 aromatic rings. The van der Waals surface area contributed by atoms with Gasteiger partial charge in [-0.3, -0.25) is 4.79 Å². The second-order valence-electron chi connectivity index (χ2n) is 2.62. The average Bonchev–Trinajstić information content (AvgIpc) is 2.15. The number of carbonyl (C=O) groups excluding carboxylic acids is 1. The molecule has 0 N–H and O–H groups in total. The van der Waals surface area contributed by atoms with Crippen molar-refractivity contribution < 1.29 is 22.4 Å². The summed E-state index contributed by atoms with van der Waals surface area (Å²) in [5, 5.41) is 8.38. The lowest BCUT2D eigenvalue weighted by Crippen LogP contribution is -2.10. The molecule has 0 heterocycles. The Morgan fingerprint density at radius 3 is 2.33 bits per heavy atom. The highest BCUT2D eigenvalue weighted by atomic mass is 19.4. The molecule has 0 spiro atoms. The molecule has 0 aliphatic rings. The van der Waals surface area contributed by atoms with E-state index in [2.05, 4.69) is 0 Å². The zero-order valence-corrected chi connectivity index (χ0v) is 7.10. The molecular weight excluding hydrogens is 214 g/mol. The molecule has 0 unspecified atom stereocenters. The van der Waals surface area contributed by atoms with Crippen molar-refractivity contribution in [2.45, 2.75) is 6.18 Å². The highest BCUT2D eigenvalue weighted by molar-refractivity contribution is 5.76. The summed E-state index contributed by atoms with van der Waals surface area (Å²) in [6.07, 6.45) is -4.76. The van der Waals surface area contributed by atoms with Crippen LogP contribution < -0.4 is 0 Å². The molecule has 0 saturated carbocycles. The van der Waals surface area contributed by atoms with E-state index in [1.807, 2.05) is 0 Å². The summed E-state index contributed by atoms with van der Waals surface area (Å²) in [4.78, 5) is 10.2. The second kappa shape index (κ2) is 3.69. The van der Waals surface area contributed by atoms with E-state index in [4.69, 9.17) is 5.26 Å². The first-order chi connectivity index (χ1) is 6.91. The normalized spacial score (nSPS) is 10.9. The summed E-state index contributed by atoms with van der Waals surface area (Å²) in [5.41, 5.74) is -3.11. The topological polar surface area (TPSA) is 40.9 Å². The maximum absolute atomic E-state index is 13.1. The monoisotopic (exact) mass is 217 g/mol. The molecular formula is C9H3F4NO. The summed E-state index contributed by atoms with van der Waals surface area (Å²) in [6.45, 7) is 0. The lowest BCUT2D eigenvalue weighted by Gasteiger charge is -2.09. The standard InChI is InChI=1S/C9H3F4NO/c10-8-5(4-15)1-2-7(6(8)3-14)9(11,12)13/h1-2,4H. The molecule has 0 aliphatic carbocycles. The first kappa shape index (κ1) is 11.2.